The van der Waals surface area contributed by atoms with Crippen LogP contribution in [0.25, 0.3) is 0 Å². The molecule has 2 saturated carbocycles. The second-order valence-corrected chi connectivity index (χ2v) is 8.45. The van der Waals surface area contributed by atoms with Crippen molar-refractivity contribution in [2.45, 2.75) is 40.0 Å². The van der Waals surface area contributed by atoms with Gasteiger partial charge in [-0.15, -0.1) is 0 Å². The number of hydrogen-bond donors (Lipinski definition) is 0. The van der Waals surface area contributed by atoms with Crippen LogP contribution in [0.1, 0.15) is 40.0 Å². The van der Waals surface area contributed by atoms with Crippen LogP contribution in [0.5, 0.6) is 0 Å². The molecule has 134 valence electrons. The number of amides is 1. The Hall–Kier alpha value is -2.42. The van der Waals surface area contributed by atoms with Crippen LogP contribution >= 0.6 is 0 Å². The van der Waals surface area contributed by atoms with Gasteiger partial charge in [0, 0.05) is 23.2 Å². The molecule has 0 saturated heterocycles. The minimum atomic E-state index is -0.634. The first-order valence-corrected chi connectivity index (χ1v) is 9.31. The van der Waals surface area contributed by atoms with Crippen molar-refractivity contribution in [1.29, 1.82) is 0 Å². The molecule has 4 rings (SSSR count). The zero-order valence-corrected chi connectivity index (χ0v) is 15.7. The zero-order valence-electron chi connectivity index (χ0n) is 15.7. The van der Waals surface area contributed by atoms with Gasteiger partial charge in [-0.05, 0) is 42.5 Å². The fourth-order valence-electron chi connectivity index (χ4n) is 5.08. The normalized spacial score (nSPS) is 29.0. The SMILES string of the molecule is CC1(C)[C@]2(C(=O)N(c3ccccc3)c3ccccc3)CC[C@]1(C)C(=O)C2. The van der Waals surface area contributed by atoms with E-state index in [4.69, 9.17) is 0 Å². The average molecular weight is 347 g/mol. The number of nitrogens with zero attached hydrogens (tertiary/aromatic N) is 1. The summed E-state index contributed by atoms with van der Waals surface area (Å²) in [5.41, 5.74) is 0.311. The number of carbonyl (C=O) groups excluding carboxylic acids is 2. The number of carbonyl (C=O) groups is 2. The van der Waals surface area contributed by atoms with Gasteiger partial charge in [0.1, 0.15) is 5.78 Å². The number of rotatable bonds is 3. The Morgan fingerprint density at radius 3 is 1.73 bits per heavy atom. The maximum absolute atomic E-state index is 14.0. The van der Waals surface area contributed by atoms with Gasteiger partial charge in [0.2, 0.25) is 5.91 Å². The topological polar surface area (TPSA) is 37.4 Å². The van der Waals surface area contributed by atoms with E-state index in [0.717, 1.165) is 24.2 Å². The molecule has 26 heavy (non-hydrogen) atoms. The van der Waals surface area contributed by atoms with Crippen molar-refractivity contribution in [3.8, 4) is 0 Å². The van der Waals surface area contributed by atoms with Crippen molar-refractivity contribution >= 4 is 23.1 Å². The fraction of sp³-hybridized carbons (Fsp3) is 0.391. The Labute approximate surface area is 155 Å². The minimum Gasteiger partial charge on any atom is -0.299 e. The van der Waals surface area contributed by atoms with E-state index in [2.05, 4.69) is 13.8 Å². The van der Waals surface area contributed by atoms with E-state index in [9.17, 15) is 9.59 Å². The molecule has 0 radical (unpaired) electrons. The quantitative estimate of drug-likeness (QED) is 0.771. The van der Waals surface area contributed by atoms with Gasteiger partial charge in [-0.1, -0.05) is 57.2 Å². The Morgan fingerprint density at radius 2 is 1.35 bits per heavy atom. The maximum Gasteiger partial charge on any atom is 0.238 e. The molecule has 0 aromatic heterocycles. The minimum absolute atomic E-state index is 0.0504. The van der Waals surface area contributed by atoms with Crippen LogP contribution in [0.4, 0.5) is 11.4 Å². The highest BCUT2D eigenvalue weighted by Crippen LogP contribution is 2.71. The third-order valence-electron chi connectivity index (χ3n) is 7.35. The van der Waals surface area contributed by atoms with Crippen LogP contribution < -0.4 is 4.90 Å². The lowest BCUT2D eigenvalue weighted by molar-refractivity contribution is -0.133. The maximum atomic E-state index is 14.0. The molecule has 2 fully saturated rings. The van der Waals surface area contributed by atoms with E-state index >= 15 is 0 Å². The smallest absolute Gasteiger partial charge is 0.238 e. The first-order chi connectivity index (χ1) is 12.3. The molecule has 2 aromatic carbocycles. The van der Waals surface area contributed by atoms with Crippen molar-refractivity contribution < 1.29 is 9.59 Å². The van der Waals surface area contributed by atoms with Gasteiger partial charge in [0.05, 0.1) is 5.41 Å². The van der Waals surface area contributed by atoms with E-state index in [1.54, 1.807) is 0 Å². The number of ketones is 1. The molecule has 0 aliphatic heterocycles. The van der Waals surface area contributed by atoms with Crippen LogP contribution in [-0.4, -0.2) is 11.7 Å². The van der Waals surface area contributed by atoms with Gasteiger partial charge in [0.15, 0.2) is 0 Å². The third kappa shape index (κ3) is 2.00. The number of para-hydroxylation sites is 2. The lowest BCUT2D eigenvalue weighted by atomic mass is 9.64. The highest BCUT2D eigenvalue weighted by molar-refractivity contribution is 6.09. The molecule has 2 aliphatic rings. The fourth-order valence-corrected chi connectivity index (χ4v) is 5.08. The Kier molecular flexibility index (Phi) is 3.62. The monoisotopic (exact) mass is 347 g/mol. The lowest BCUT2D eigenvalue weighted by Crippen LogP contribution is -2.47. The average Bonchev–Trinajstić information content (AvgIpc) is 2.94. The molecular weight excluding hydrogens is 322 g/mol. The number of Topliss-reactive ketones (excluding diaryl/α,β-unsaturated/α-hetero) is 1. The molecule has 0 heterocycles. The van der Waals surface area contributed by atoms with Crippen molar-refractivity contribution in [2.24, 2.45) is 16.2 Å². The number of fused-ring (bicyclic) bond motifs is 2. The number of hydrogen-bond acceptors (Lipinski definition) is 2. The molecule has 2 aromatic rings. The summed E-state index contributed by atoms with van der Waals surface area (Å²) < 4.78 is 0. The van der Waals surface area contributed by atoms with Gasteiger partial charge in [-0.2, -0.15) is 0 Å². The highest BCUT2D eigenvalue weighted by atomic mass is 16.2. The van der Waals surface area contributed by atoms with E-state index in [-0.39, 0.29) is 17.1 Å². The highest BCUT2D eigenvalue weighted by Gasteiger charge is 2.73. The lowest BCUT2D eigenvalue weighted by Gasteiger charge is -2.41. The summed E-state index contributed by atoms with van der Waals surface area (Å²) in [4.78, 5) is 28.6. The number of benzene rings is 2. The van der Waals surface area contributed by atoms with Crippen LogP contribution in [0.2, 0.25) is 0 Å². The van der Waals surface area contributed by atoms with Crippen LogP contribution in [-0.2, 0) is 9.59 Å². The summed E-state index contributed by atoms with van der Waals surface area (Å²) >= 11 is 0. The molecule has 2 atom stereocenters. The van der Waals surface area contributed by atoms with Crippen molar-refractivity contribution in [3.05, 3.63) is 60.7 Å². The predicted molar refractivity (Wildman–Crippen MR) is 103 cm³/mol. The van der Waals surface area contributed by atoms with Crippen molar-refractivity contribution in [2.75, 3.05) is 4.90 Å². The second-order valence-electron chi connectivity index (χ2n) is 8.45. The van der Waals surface area contributed by atoms with Gasteiger partial charge < -0.3 is 0 Å². The van der Waals surface area contributed by atoms with Gasteiger partial charge in [0.25, 0.3) is 0 Å². The predicted octanol–water partition coefficient (Wildman–Crippen LogP) is 5.14. The van der Waals surface area contributed by atoms with Gasteiger partial charge in [-0.3, -0.25) is 14.5 Å². The van der Waals surface area contributed by atoms with Gasteiger partial charge in [-0.25, -0.2) is 0 Å². The molecule has 2 aliphatic carbocycles. The molecule has 0 spiro atoms. The summed E-state index contributed by atoms with van der Waals surface area (Å²) in [6.45, 7) is 6.26. The summed E-state index contributed by atoms with van der Waals surface area (Å²) in [5, 5.41) is 0. The summed E-state index contributed by atoms with van der Waals surface area (Å²) in [5.74, 6) is 0.289. The summed E-state index contributed by atoms with van der Waals surface area (Å²) in [6.07, 6.45) is 1.92. The van der Waals surface area contributed by atoms with Crippen LogP contribution in [0.3, 0.4) is 0 Å². The van der Waals surface area contributed by atoms with Crippen molar-refractivity contribution in [3.63, 3.8) is 0 Å². The van der Waals surface area contributed by atoms with Crippen LogP contribution in [0, 0.1) is 16.2 Å². The molecule has 1 amide bonds. The summed E-state index contributed by atoms with van der Waals surface area (Å²) in [6, 6.07) is 19.5. The second kappa shape index (κ2) is 5.54. The molecule has 3 heteroatoms. The van der Waals surface area contributed by atoms with Gasteiger partial charge >= 0.3 is 0 Å². The first-order valence-electron chi connectivity index (χ1n) is 9.31. The standard InChI is InChI=1S/C23H25NO2/c1-21(2)22(3)14-15-23(21,16-19(22)25)20(26)24(17-10-6-4-7-11-17)18-12-8-5-9-13-18/h4-13H,14-16H2,1-3H3/t22-,23-/m1/s1. The van der Waals surface area contributed by atoms with E-state index in [1.165, 1.54) is 0 Å². The number of anilines is 2. The molecule has 0 unspecified atom stereocenters. The Bertz CT molecular complexity index is 819. The molecule has 3 nitrogen and oxygen atoms in total. The zero-order chi connectivity index (χ0) is 18.6. The van der Waals surface area contributed by atoms with Crippen molar-refractivity contribution in [1.82, 2.24) is 0 Å². The largest absolute Gasteiger partial charge is 0.299 e. The molecular formula is C23H25NO2. The van der Waals surface area contributed by atoms with E-state index in [1.807, 2.05) is 72.5 Å². The Morgan fingerprint density at radius 1 is 0.846 bits per heavy atom. The molecule has 2 bridgehead atoms. The van der Waals surface area contributed by atoms with E-state index < -0.39 is 10.8 Å². The Balaban J connectivity index is 1.86. The molecule has 0 N–H and O–H groups in total. The third-order valence-corrected chi connectivity index (χ3v) is 7.35. The first kappa shape index (κ1) is 17.0. The van der Waals surface area contributed by atoms with Crippen LogP contribution in [0.15, 0.2) is 60.7 Å². The summed E-state index contributed by atoms with van der Waals surface area (Å²) in [7, 11) is 0. The van der Waals surface area contributed by atoms with E-state index in [0.29, 0.717) is 6.42 Å².